The summed E-state index contributed by atoms with van der Waals surface area (Å²) in [6.45, 7) is 3.96. The topological polar surface area (TPSA) is 93.4 Å². The van der Waals surface area contributed by atoms with Crippen LogP contribution in [0.1, 0.15) is 24.5 Å². The van der Waals surface area contributed by atoms with Gasteiger partial charge in [0, 0.05) is 11.8 Å². The van der Waals surface area contributed by atoms with E-state index in [0.29, 0.717) is 22.1 Å². The van der Waals surface area contributed by atoms with Gasteiger partial charge in [-0.05, 0) is 30.7 Å². The molecule has 0 saturated carbocycles. The van der Waals surface area contributed by atoms with E-state index in [1.165, 1.54) is 21.9 Å². The molecular formula is C16H18N4O3S2. The number of benzene rings is 1. The summed E-state index contributed by atoms with van der Waals surface area (Å²) in [7, 11) is -3.20. The van der Waals surface area contributed by atoms with Gasteiger partial charge in [0.25, 0.3) is 5.56 Å². The summed E-state index contributed by atoms with van der Waals surface area (Å²) in [6.07, 6.45) is 0.758. The summed E-state index contributed by atoms with van der Waals surface area (Å²) in [6, 6.07) is 8.01. The maximum Gasteiger partial charge on any atom is 0.275 e. The quantitative estimate of drug-likeness (QED) is 0.706. The zero-order chi connectivity index (χ0) is 18.0. The molecule has 132 valence electrons. The molecule has 1 N–H and O–H groups in total. The van der Waals surface area contributed by atoms with Crippen LogP contribution in [0, 0.1) is 0 Å². The molecule has 1 aromatic carbocycles. The first kappa shape index (κ1) is 17.6. The Morgan fingerprint density at radius 3 is 2.56 bits per heavy atom. The number of aromatic nitrogens is 3. The third-order valence-electron chi connectivity index (χ3n) is 3.71. The van der Waals surface area contributed by atoms with Crippen molar-refractivity contribution in [3.05, 3.63) is 51.4 Å². The Hall–Kier alpha value is -2.26. The van der Waals surface area contributed by atoms with Gasteiger partial charge in [-0.1, -0.05) is 25.2 Å². The van der Waals surface area contributed by atoms with E-state index in [-0.39, 0.29) is 11.3 Å². The molecule has 2 aromatic heterocycles. The number of rotatable bonds is 6. The molecule has 0 spiro atoms. The maximum absolute atomic E-state index is 12.1. The molecule has 9 heteroatoms. The number of aryl methyl sites for hydroxylation is 1. The zero-order valence-corrected chi connectivity index (χ0v) is 15.5. The van der Waals surface area contributed by atoms with Gasteiger partial charge in [-0.25, -0.2) is 13.4 Å². The van der Waals surface area contributed by atoms with Crippen LogP contribution in [0.25, 0.3) is 4.96 Å². The van der Waals surface area contributed by atoms with Gasteiger partial charge in [0.2, 0.25) is 4.96 Å². The minimum atomic E-state index is -3.20. The number of nitrogens with one attached hydrogen (secondary N) is 1. The lowest BCUT2D eigenvalue weighted by atomic mass is 10.3. The summed E-state index contributed by atoms with van der Waals surface area (Å²) < 4.78 is 24.9. The van der Waals surface area contributed by atoms with Crippen molar-refractivity contribution < 1.29 is 8.42 Å². The number of hydrogen-bond acceptors (Lipinski definition) is 7. The van der Waals surface area contributed by atoms with Gasteiger partial charge >= 0.3 is 0 Å². The average Bonchev–Trinajstić information content (AvgIpc) is 3.04. The van der Waals surface area contributed by atoms with Gasteiger partial charge in [0.1, 0.15) is 5.01 Å². The highest BCUT2D eigenvalue weighted by Crippen LogP contribution is 2.16. The van der Waals surface area contributed by atoms with E-state index in [9.17, 15) is 13.2 Å². The molecule has 0 saturated heterocycles. The van der Waals surface area contributed by atoms with E-state index in [1.807, 2.05) is 6.92 Å². The molecule has 7 nitrogen and oxygen atoms in total. The van der Waals surface area contributed by atoms with Crippen molar-refractivity contribution in [1.82, 2.24) is 14.6 Å². The molecule has 0 unspecified atom stereocenters. The Kier molecular flexibility index (Phi) is 4.87. The van der Waals surface area contributed by atoms with Crippen molar-refractivity contribution in [2.45, 2.75) is 31.7 Å². The predicted molar refractivity (Wildman–Crippen MR) is 98.0 cm³/mol. The largest absolute Gasteiger partial charge is 0.379 e. The molecule has 2 heterocycles. The monoisotopic (exact) mass is 378 g/mol. The third kappa shape index (κ3) is 3.72. The number of fused-ring (bicyclic) bond motifs is 1. The van der Waals surface area contributed by atoms with Crippen molar-refractivity contribution in [3.63, 3.8) is 0 Å². The molecule has 0 fully saturated rings. The SMILES string of the molecule is CCc1nn2c(=O)cc(CNc3ccc(S(=O)(=O)CC)cc3)nc2s1. The van der Waals surface area contributed by atoms with Gasteiger partial charge < -0.3 is 5.32 Å². The predicted octanol–water partition coefficient (Wildman–Crippen LogP) is 2.12. The number of anilines is 1. The van der Waals surface area contributed by atoms with Crippen LogP contribution in [-0.2, 0) is 22.8 Å². The smallest absolute Gasteiger partial charge is 0.275 e. The Morgan fingerprint density at radius 1 is 1.20 bits per heavy atom. The van der Waals surface area contributed by atoms with Gasteiger partial charge in [0.05, 0.1) is 22.9 Å². The van der Waals surface area contributed by atoms with Crippen LogP contribution in [-0.4, -0.2) is 28.8 Å². The fourth-order valence-electron chi connectivity index (χ4n) is 2.27. The van der Waals surface area contributed by atoms with E-state index in [1.54, 1.807) is 31.2 Å². The molecule has 3 aromatic rings. The molecule has 0 atom stereocenters. The molecule has 0 aliphatic rings. The highest BCUT2D eigenvalue weighted by Gasteiger charge is 2.11. The second-order valence-corrected chi connectivity index (χ2v) is 8.73. The van der Waals surface area contributed by atoms with Crippen LogP contribution in [0.5, 0.6) is 0 Å². The molecular weight excluding hydrogens is 360 g/mol. The molecule has 0 aliphatic heterocycles. The van der Waals surface area contributed by atoms with Crippen LogP contribution >= 0.6 is 11.3 Å². The van der Waals surface area contributed by atoms with Gasteiger partial charge in [-0.15, -0.1) is 0 Å². The first-order chi connectivity index (χ1) is 11.9. The van der Waals surface area contributed by atoms with E-state index < -0.39 is 9.84 Å². The van der Waals surface area contributed by atoms with Crippen LogP contribution in [0.4, 0.5) is 5.69 Å². The van der Waals surface area contributed by atoms with Crippen molar-refractivity contribution >= 4 is 31.8 Å². The third-order valence-corrected chi connectivity index (χ3v) is 6.51. The number of hydrogen-bond donors (Lipinski definition) is 1. The molecule has 0 aliphatic carbocycles. The first-order valence-electron chi connectivity index (χ1n) is 7.88. The normalized spacial score (nSPS) is 11.8. The Morgan fingerprint density at radius 2 is 1.92 bits per heavy atom. The molecule has 0 radical (unpaired) electrons. The van der Waals surface area contributed by atoms with Crippen LogP contribution in [0.15, 0.2) is 40.0 Å². The van der Waals surface area contributed by atoms with Gasteiger partial charge in [-0.3, -0.25) is 4.79 Å². The van der Waals surface area contributed by atoms with Crippen molar-refractivity contribution in [1.29, 1.82) is 0 Å². The van der Waals surface area contributed by atoms with E-state index in [4.69, 9.17) is 0 Å². The molecule has 0 amide bonds. The zero-order valence-electron chi connectivity index (χ0n) is 13.9. The van der Waals surface area contributed by atoms with Gasteiger partial charge in [0.15, 0.2) is 9.84 Å². The summed E-state index contributed by atoms with van der Waals surface area (Å²) in [5.41, 5.74) is 1.17. The Bertz CT molecular complexity index is 1050. The Balaban J connectivity index is 1.77. The lowest BCUT2D eigenvalue weighted by Crippen LogP contribution is -2.16. The summed E-state index contributed by atoms with van der Waals surface area (Å²) in [5, 5.41) is 8.23. The summed E-state index contributed by atoms with van der Waals surface area (Å²) in [4.78, 5) is 17.4. The minimum absolute atomic E-state index is 0.0717. The van der Waals surface area contributed by atoms with Crippen molar-refractivity contribution in [3.8, 4) is 0 Å². The molecule has 3 rings (SSSR count). The first-order valence-corrected chi connectivity index (χ1v) is 10.3. The number of nitrogens with zero attached hydrogens (tertiary/aromatic N) is 3. The highest BCUT2D eigenvalue weighted by molar-refractivity contribution is 7.91. The fraction of sp³-hybridized carbons (Fsp3) is 0.312. The molecule has 25 heavy (non-hydrogen) atoms. The summed E-state index contributed by atoms with van der Waals surface area (Å²) >= 11 is 1.40. The van der Waals surface area contributed by atoms with E-state index in [2.05, 4.69) is 15.4 Å². The average molecular weight is 378 g/mol. The lowest BCUT2D eigenvalue weighted by molar-refractivity contribution is 0.597. The highest BCUT2D eigenvalue weighted by atomic mass is 32.2. The lowest BCUT2D eigenvalue weighted by Gasteiger charge is -2.07. The number of sulfone groups is 1. The van der Waals surface area contributed by atoms with E-state index in [0.717, 1.165) is 17.1 Å². The van der Waals surface area contributed by atoms with Crippen LogP contribution < -0.4 is 10.9 Å². The second kappa shape index (κ2) is 6.93. The van der Waals surface area contributed by atoms with Crippen LogP contribution in [0.3, 0.4) is 0 Å². The maximum atomic E-state index is 12.1. The Labute approximate surface area is 149 Å². The fourth-order valence-corrected chi connectivity index (χ4v) is 4.01. The minimum Gasteiger partial charge on any atom is -0.379 e. The molecule has 0 bridgehead atoms. The van der Waals surface area contributed by atoms with E-state index >= 15 is 0 Å². The van der Waals surface area contributed by atoms with Gasteiger partial charge in [-0.2, -0.15) is 9.61 Å². The summed E-state index contributed by atoms with van der Waals surface area (Å²) in [5.74, 6) is 0.0717. The van der Waals surface area contributed by atoms with Crippen LogP contribution in [0.2, 0.25) is 0 Å². The second-order valence-electron chi connectivity index (χ2n) is 5.41. The van der Waals surface area contributed by atoms with Crippen molar-refractivity contribution in [2.75, 3.05) is 11.1 Å². The standard InChI is InChI=1S/C16H18N4O3S2/c1-3-14-19-20-15(21)9-12(18-16(20)24-14)10-17-11-5-7-13(8-6-11)25(22,23)4-2/h5-9,17H,3-4,10H2,1-2H3. The van der Waals surface area contributed by atoms with Crippen molar-refractivity contribution in [2.24, 2.45) is 0 Å².